The Morgan fingerprint density at radius 1 is 1.38 bits per heavy atom. The van der Waals surface area contributed by atoms with Crippen LogP contribution in [0.2, 0.25) is 0 Å². The summed E-state index contributed by atoms with van der Waals surface area (Å²) in [6.07, 6.45) is -0.711. The van der Waals surface area contributed by atoms with Gasteiger partial charge in [0, 0.05) is 23.1 Å². The zero-order valence-corrected chi connectivity index (χ0v) is 15.6. The van der Waals surface area contributed by atoms with Crippen LogP contribution in [0.1, 0.15) is 39.9 Å². The van der Waals surface area contributed by atoms with Gasteiger partial charge < -0.3 is 21.1 Å². The number of nitrogens with one attached hydrogen (secondary N) is 1. The first-order valence-corrected chi connectivity index (χ1v) is 9.09. The van der Waals surface area contributed by atoms with Gasteiger partial charge in [-0.15, -0.1) is 0 Å². The van der Waals surface area contributed by atoms with E-state index in [2.05, 4.69) is 10.3 Å². The molecule has 2 unspecified atom stereocenters. The molecule has 0 saturated carbocycles. The Labute approximate surface area is 165 Å². The third-order valence-electron chi connectivity index (χ3n) is 5.44. The number of aliphatic hydroxyl groups is 1. The van der Waals surface area contributed by atoms with E-state index in [-0.39, 0.29) is 52.6 Å². The Kier molecular flexibility index (Phi) is 4.43. The largest absolute Gasteiger partial charge is 0.383 e. The molecule has 2 aliphatic rings. The third kappa shape index (κ3) is 2.98. The van der Waals surface area contributed by atoms with Crippen molar-refractivity contribution < 1.29 is 19.1 Å². The number of fused-ring (bicyclic) bond motifs is 1. The number of piperidine rings is 1. The summed E-state index contributed by atoms with van der Waals surface area (Å²) < 4.78 is 15.3. The third-order valence-corrected chi connectivity index (χ3v) is 5.44. The summed E-state index contributed by atoms with van der Waals surface area (Å²) in [5, 5.41) is 21.7. The smallest absolute Gasteiger partial charge is 0.255 e. The Balaban J connectivity index is 1.71. The summed E-state index contributed by atoms with van der Waals surface area (Å²) >= 11 is 0. The van der Waals surface area contributed by atoms with Crippen molar-refractivity contribution >= 4 is 17.6 Å². The van der Waals surface area contributed by atoms with Crippen molar-refractivity contribution in [1.29, 1.82) is 5.26 Å². The van der Waals surface area contributed by atoms with Crippen molar-refractivity contribution in [2.24, 2.45) is 0 Å². The Bertz CT molecular complexity index is 1070. The minimum atomic E-state index is -1.19. The van der Waals surface area contributed by atoms with E-state index in [4.69, 9.17) is 11.0 Å². The molecule has 0 spiro atoms. The van der Waals surface area contributed by atoms with E-state index in [0.717, 1.165) is 0 Å². The quantitative estimate of drug-likeness (QED) is 0.700. The van der Waals surface area contributed by atoms with Crippen LogP contribution < -0.4 is 11.1 Å². The van der Waals surface area contributed by atoms with Crippen molar-refractivity contribution in [1.82, 2.24) is 15.2 Å². The zero-order chi connectivity index (χ0) is 20.9. The molecule has 4 rings (SSSR count). The molecule has 1 fully saturated rings. The van der Waals surface area contributed by atoms with Crippen LogP contribution in [-0.2, 0) is 11.3 Å². The second-order valence-corrected chi connectivity index (χ2v) is 7.20. The molecule has 148 valence electrons. The number of benzene rings is 1. The lowest BCUT2D eigenvalue weighted by atomic mass is 10.0. The number of nitrogens with two attached hydrogens (primary N) is 1. The van der Waals surface area contributed by atoms with Gasteiger partial charge in [-0.25, -0.2) is 9.37 Å². The highest BCUT2D eigenvalue weighted by Gasteiger charge is 2.40. The van der Waals surface area contributed by atoms with E-state index < -0.39 is 24.0 Å². The molecular weight excluding hydrogens is 377 g/mol. The minimum Gasteiger partial charge on any atom is -0.383 e. The van der Waals surface area contributed by atoms with Crippen LogP contribution in [0.15, 0.2) is 18.2 Å². The maximum absolute atomic E-state index is 15.3. The average molecular weight is 395 g/mol. The first kappa shape index (κ1) is 18.8. The van der Waals surface area contributed by atoms with Gasteiger partial charge in [0.2, 0.25) is 5.91 Å². The van der Waals surface area contributed by atoms with Gasteiger partial charge in [0.25, 0.3) is 5.91 Å². The summed E-state index contributed by atoms with van der Waals surface area (Å²) in [6, 6.07) is 5.91. The molecule has 8 nitrogen and oxygen atoms in total. The minimum absolute atomic E-state index is 0.0150. The van der Waals surface area contributed by atoms with Crippen molar-refractivity contribution in [3.8, 4) is 17.3 Å². The van der Waals surface area contributed by atoms with Crippen LogP contribution in [-0.4, -0.2) is 39.1 Å². The van der Waals surface area contributed by atoms with E-state index in [1.54, 1.807) is 13.0 Å². The topological polar surface area (TPSA) is 132 Å². The number of carbonyl (C=O) groups is 2. The number of hydrogen-bond acceptors (Lipinski definition) is 6. The van der Waals surface area contributed by atoms with Gasteiger partial charge in [-0.3, -0.25) is 9.59 Å². The number of amides is 2. The van der Waals surface area contributed by atoms with Crippen LogP contribution in [0, 0.1) is 24.1 Å². The van der Waals surface area contributed by atoms with Gasteiger partial charge >= 0.3 is 0 Å². The Hall–Kier alpha value is -3.51. The molecule has 1 aromatic carbocycles. The number of nitrogens with zero attached hydrogens (tertiary/aromatic N) is 3. The number of aryl methyl sites for hydroxylation is 1. The maximum Gasteiger partial charge on any atom is 0.255 e. The number of hydrogen-bond donors (Lipinski definition) is 3. The van der Waals surface area contributed by atoms with Gasteiger partial charge in [-0.1, -0.05) is 0 Å². The van der Waals surface area contributed by atoms with Crippen LogP contribution in [0.25, 0.3) is 11.3 Å². The summed E-state index contributed by atoms with van der Waals surface area (Å²) in [4.78, 5) is 29.7. The lowest BCUT2D eigenvalue weighted by molar-refractivity contribution is -0.129. The van der Waals surface area contributed by atoms with E-state index in [1.165, 1.54) is 17.0 Å². The van der Waals surface area contributed by atoms with Crippen molar-refractivity contribution in [3.05, 3.63) is 46.3 Å². The number of rotatable bonds is 2. The summed E-state index contributed by atoms with van der Waals surface area (Å²) in [7, 11) is 0. The fourth-order valence-electron chi connectivity index (χ4n) is 3.92. The number of nitrogen functional groups attached to an aromatic ring is 1. The molecule has 2 amide bonds. The zero-order valence-electron chi connectivity index (χ0n) is 15.6. The molecule has 0 bridgehead atoms. The standard InChI is InChI=1S/C20H18FN5O3/c1-9-6-14(24-18(23)12(9)7-22)11-3-2-10-13(17(11)21)8-26(20(10)29)15-4-5-16(27)25-19(15)28/h2-3,6,15,19,28H,4-5,8H2,1H3,(H2,23,24)(H,25,27). The lowest BCUT2D eigenvalue weighted by Crippen LogP contribution is -2.55. The fourth-order valence-corrected chi connectivity index (χ4v) is 3.92. The molecule has 0 aliphatic carbocycles. The predicted octanol–water partition coefficient (Wildman–Crippen LogP) is 1.20. The average Bonchev–Trinajstić information content (AvgIpc) is 2.99. The second kappa shape index (κ2) is 6.83. The molecule has 0 radical (unpaired) electrons. The number of nitriles is 1. The molecular formula is C20H18FN5O3. The van der Waals surface area contributed by atoms with Gasteiger partial charge in [0.1, 0.15) is 23.9 Å². The highest BCUT2D eigenvalue weighted by molar-refractivity contribution is 5.99. The van der Waals surface area contributed by atoms with Gasteiger partial charge in [-0.05, 0) is 37.1 Å². The number of anilines is 1. The molecule has 29 heavy (non-hydrogen) atoms. The van der Waals surface area contributed by atoms with Gasteiger partial charge in [0.15, 0.2) is 0 Å². The highest BCUT2D eigenvalue weighted by Crippen LogP contribution is 2.35. The van der Waals surface area contributed by atoms with Gasteiger partial charge in [-0.2, -0.15) is 5.26 Å². The van der Waals surface area contributed by atoms with E-state index in [0.29, 0.717) is 12.0 Å². The molecule has 2 atom stereocenters. The summed E-state index contributed by atoms with van der Waals surface area (Å²) in [5.41, 5.74) is 7.51. The van der Waals surface area contributed by atoms with Gasteiger partial charge in [0.05, 0.1) is 23.8 Å². The second-order valence-electron chi connectivity index (χ2n) is 7.20. The molecule has 4 N–H and O–H groups in total. The molecule has 9 heteroatoms. The fraction of sp³-hybridized carbons (Fsp3) is 0.300. The number of carbonyl (C=O) groups excluding carboxylic acids is 2. The number of pyridine rings is 1. The molecule has 1 aromatic heterocycles. The highest BCUT2D eigenvalue weighted by atomic mass is 19.1. The van der Waals surface area contributed by atoms with E-state index in [1.807, 2.05) is 6.07 Å². The molecule has 1 saturated heterocycles. The van der Waals surface area contributed by atoms with E-state index >= 15 is 4.39 Å². The van der Waals surface area contributed by atoms with E-state index in [9.17, 15) is 14.7 Å². The lowest BCUT2D eigenvalue weighted by Gasteiger charge is -2.35. The summed E-state index contributed by atoms with van der Waals surface area (Å²) in [5.74, 6) is -1.26. The van der Waals surface area contributed by atoms with Crippen molar-refractivity contribution in [3.63, 3.8) is 0 Å². The van der Waals surface area contributed by atoms with Crippen LogP contribution >= 0.6 is 0 Å². The normalized spacial score (nSPS) is 21.0. The number of aromatic nitrogens is 1. The monoisotopic (exact) mass is 395 g/mol. The first-order valence-electron chi connectivity index (χ1n) is 9.09. The van der Waals surface area contributed by atoms with Crippen molar-refractivity contribution in [2.75, 3.05) is 5.73 Å². The molecule has 2 aromatic rings. The maximum atomic E-state index is 15.3. The molecule has 3 heterocycles. The molecule has 2 aliphatic heterocycles. The SMILES string of the molecule is Cc1cc(-c2ccc3c(c2F)CN(C2CCC(=O)NC2O)C3=O)nc(N)c1C#N. The Morgan fingerprint density at radius 3 is 2.76 bits per heavy atom. The van der Waals surface area contributed by atoms with Crippen LogP contribution in [0.3, 0.4) is 0 Å². The number of aliphatic hydroxyl groups excluding tert-OH is 1. The summed E-state index contributed by atoms with van der Waals surface area (Å²) in [6.45, 7) is 1.67. The van der Waals surface area contributed by atoms with Crippen LogP contribution in [0.4, 0.5) is 10.2 Å². The van der Waals surface area contributed by atoms with Crippen molar-refractivity contribution in [2.45, 2.75) is 38.6 Å². The first-order chi connectivity index (χ1) is 13.8. The predicted molar refractivity (Wildman–Crippen MR) is 101 cm³/mol. The van der Waals surface area contributed by atoms with Crippen LogP contribution in [0.5, 0.6) is 0 Å². The number of halogens is 1. The Morgan fingerprint density at radius 2 is 2.10 bits per heavy atom.